The van der Waals surface area contributed by atoms with Crippen LogP contribution < -0.4 is 10.5 Å². The summed E-state index contributed by atoms with van der Waals surface area (Å²) in [5, 5.41) is 8.01. The minimum Gasteiger partial charge on any atom is -0.383 e. The van der Waals surface area contributed by atoms with Crippen molar-refractivity contribution in [1.82, 2.24) is 0 Å². The highest BCUT2D eigenvalue weighted by Gasteiger charge is 2.18. The Labute approximate surface area is 126 Å². The van der Waals surface area contributed by atoms with Gasteiger partial charge in [-0.2, -0.15) is 0 Å². The van der Waals surface area contributed by atoms with Crippen molar-refractivity contribution in [3.05, 3.63) is 24.0 Å². The monoisotopic (exact) mass is 314 g/mol. The van der Waals surface area contributed by atoms with Crippen molar-refractivity contribution < 1.29 is 12.8 Å². The Morgan fingerprint density at radius 2 is 2.14 bits per heavy atom. The molecule has 2 atom stereocenters. The van der Waals surface area contributed by atoms with E-state index in [0.717, 1.165) is 18.4 Å². The molecule has 1 aromatic carbocycles. The van der Waals surface area contributed by atoms with Crippen LogP contribution >= 0.6 is 0 Å². The summed E-state index contributed by atoms with van der Waals surface area (Å²) < 4.78 is 36.1. The van der Waals surface area contributed by atoms with Crippen molar-refractivity contribution in [2.45, 2.75) is 43.9 Å². The van der Waals surface area contributed by atoms with Gasteiger partial charge in [-0.1, -0.05) is 26.2 Å². The number of rotatable bonds is 5. The molecular weight excluding hydrogens is 291 g/mol. The highest BCUT2D eigenvalue weighted by atomic mass is 32.2. The van der Waals surface area contributed by atoms with Gasteiger partial charge >= 0.3 is 0 Å². The van der Waals surface area contributed by atoms with Gasteiger partial charge in [-0.15, -0.1) is 0 Å². The Morgan fingerprint density at radius 3 is 2.76 bits per heavy atom. The highest BCUT2D eigenvalue weighted by molar-refractivity contribution is 7.89. The zero-order valence-corrected chi connectivity index (χ0v) is 13.1. The molecule has 4 nitrogen and oxygen atoms in total. The van der Waals surface area contributed by atoms with Gasteiger partial charge in [0.2, 0.25) is 10.0 Å². The summed E-state index contributed by atoms with van der Waals surface area (Å²) in [5.41, 5.74) is 0.325. The number of nitrogens with two attached hydrogens (primary N) is 1. The van der Waals surface area contributed by atoms with Crippen LogP contribution in [0.4, 0.5) is 10.1 Å². The lowest BCUT2D eigenvalue weighted by molar-refractivity contribution is 0.274. The number of hydrogen-bond acceptors (Lipinski definition) is 3. The second kappa shape index (κ2) is 6.75. The number of benzene rings is 1. The van der Waals surface area contributed by atoms with E-state index in [9.17, 15) is 12.8 Å². The van der Waals surface area contributed by atoms with Gasteiger partial charge in [-0.25, -0.2) is 17.9 Å². The summed E-state index contributed by atoms with van der Waals surface area (Å²) in [7, 11) is -3.85. The lowest BCUT2D eigenvalue weighted by Gasteiger charge is -2.26. The van der Waals surface area contributed by atoms with Gasteiger partial charge in [-0.3, -0.25) is 0 Å². The predicted molar refractivity (Wildman–Crippen MR) is 82.0 cm³/mol. The molecule has 0 radical (unpaired) electrons. The average molecular weight is 314 g/mol. The maximum absolute atomic E-state index is 13.8. The van der Waals surface area contributed by atoms with Crippen molar-refractivity contribution in [2.24, 2.45) is 17.0 Å². The first kappa shape index (κ1) is 16.2. The van der Waals surface area contributed by atoms with Crippen LogP contribution in [0.3, 0.4) is 0 Å². The number of nitrogens with one attached hydrogen (secondary N) is 1. The van der Waals surface area contributed by atoms with Crippen LogP contribution in [-0.2, 0) is 10.0 Å². The molecule has 0 spiro atoms. The topological polar surface area (TPSA) is 72.2 Å². The molecule has 1 aliphatic carbocycles. The molecule has 0 aliphatic heterocycles. The molecule has 1 saturated carbocycles. The van der Waals surface area contributed by atoms with Gasteiger partial charge < -0.3 is 5.32 Å². The van der Waals surface area contributed by atoms with E-state index >= 15 is 0 Å². The largest absolute Gasteiger partial charge is 0.383 e. The van der Waals surface area contributed by atoms with Crippen LogP contribution in [0.25, 0.3) is 0 Å². The van der Waals surface area contributed by atoms with Crippen molar-refractivity contribution in [1.29, 1.82) is 0 Å². The van der Waals surface area contributed by atoms with Crippen LogP contribution in [-0.4, -0.2) is 15.0 Å². The third kappa shape index (κ3) is 4.68. The Balaban J connectivity index is 1.89. The summed E-state index contributed by atoms with van der Waals surface area (Å²) >= 11 is 0. The molecular formula is C15H23FN2O2S. The molecule has 0 bridgehead atoms. The Bertz CT molecular complexity index is 589. The van der Waals surface area contributed by atoms with E-state index in [0.29, 0.717) is 18.2 Å². The lowest BCUT2D eigenvalue weighted by atomic mass is 9.81. The molecule has 0 aromatic heterocycles. The second-order valence-electron chi connectivity index (χ2n) is 6.04. The number of hydrogen-bond donors (Lipinski definition) is 2. The molecule has 118 valence electrons. The minimum atomic E-state index is -3.85. The van der Waals surface area contributed by atoms with Gasteiger partial charge in [0.25, 0.3) is 0 Å². The van der Waals surface area contributed by atoms with Gasteiger partial charge in [0.05, 0.1) is 10.6 Å². The summed E-state index contributed by atoms with van der Waals surface area (Å²) in [6.07, 6.45) is 6.10. The SMILES string of the molecule is CC1CCCC(CCNc2ccc(S(N)(=O)=O)cc2F)C1. The zero-order chi connectivity index (χ0) is 15.5. The molecule has 1 aliphatic rings. The standard InChI is InChI=1S/C15H23FN2O2S/c1-11-3-2-4-12(9-11)7-8-18-15-6-5-13(10-14(15)16)21(17,19)20/h5-6,10-12,18H,2-4,7-9H2,1H3,(H2,17,19,20). The van der Waals surface area contributed by atoms with Crippen LogP contribution in [0.5, 0.6) is 0 Å². The molecule has 2 unspecified atom stereocenters. The third-order valence-corrected chi connectivity index (χ3v) is 5.09. The van der Waals surface area contributed by atoms with E-state index in [2.05, 4.69) is 12.2 Å². The fourth-order valence-electron chi connectivity index (χ4n) is 3.05. The molecule has 3 N–H and O–H groups in total. The molecule has 6 heteroatoms. The number of sulfonamides is 1. The second-order valence-corrected chi connectivity index (χ2v) is 7.60. The van der Waals surface area contributed by atoms with Crippen molar-refractivity contribution >= 4 is 15.7 Å². The Morgan fingerprint density at radius 1 is 1.38 bits per heavy atom. The maximum Gasteiger partial charge on any atom is 0.238 e. The first-order valence-corrected chi connectivity index (χ1v) is 8.97. The van der Waals surface area contributed by atoms with Gasteiger partial charge in [0.15, 0.2) is 0 Å². The molecule has 0 saturated heterocycles. The van der Waals surface area contributed by atoms with Gasteiger partial charge in [0.1, 0.15) is 5.82 Å². The van der Waals surface area contributed by atoms with Crippen LogP contribution in [0, 0.1) is 17.7 Å². The number of anilines is 1. The Kier molecular flexibility index (Phi) is 5.22. The molecule has 0 amide bonds. The van der Waals surface area contributed by atoms with Crippen molar-refractivity contribution in [3.8, 4) is 0 Å². The van der Waals surface area contributed by atoms with Crippen LogP contribution in [0.1, 0.15) is 39.0 Å². The van der Waals surface area contributed by atoms with E-state index in [-0.39, 0.29) is 4.90 Å². The highest BCUT2D eigenvalue weighted by Crippen LogP contribution is 2.30. The first-order valence-electron chi connectivity index (χ1n) is 7.42. The molecule has 21 heavy (non-hydrogen) atoms. The summed E-state index contributed by atoms with van der Waals surface area (Å²) in [6.45, 7) is 2.98. The normalized spacial score (nSPS) is 23.0. The van der Waals surface area contributed by atoms with Gasteiger partial charge in [-0.05, 0) is 42.9 Å². The number of halogens is 1. The van der Waals surface area contributed by atoms with Crippen LogP contribution in [0.15, 0.2) is 23.1 Å². The van der Waals surface area contributed by atoms with Gasteiger partial charge in [0, 0.05) is 6.54 Å². The molecule has 1 fully saturated rings. The van der Waals surface area contributed by atoms with E-state index in [4.69, 9.17) is 5.14 Å². The molecule has 1 aromatic rings. The summed E-state index contributed by atoms with van der Waals surface area (Å²) in [6, 6.07) is 3.71. The predicted octanol–water partition coefficient (Wildman–Crippen LogP) is 3.10. The zero-order valence-electron chi connectivity index (χ0n) is 12.3. The number of primary sulfonamides is 1. The van der Waals surface area contributed by atoms with E-state index in [1.165, 1.54) is 37.8 Å². The van der Waals surface area contributed by atoms with Crippen molar-refractivity contribution in [3.63, 3.8) is 0 Å². The molecule has 2 rings (SSSR count). The smallest absolute Gasteiger partial charge is 0.238 e. The lowest BCUT2D eigenvalue weighted by Crippen LogP contribution is -2.17. The Hall–Kier alpha value is -1.14. The van der Waals surface area contributed by atoms with E-state index in [1.807, 2.05) is 0 Å². The summed E-state index contributed by atoms with van der Waals surface area (Å²) in [4.78, 5) is -0.202. The fourth-order valence-corrected chi connectivity index (χ4v) is 3.57. The van der Waals surface area contributed by atoms with E-state index in [1.54, 1.807) is 0 Å². The van der Waals surface area contributed by atoms with Crippen LogP contribution in [0.2, 0.25) is 0 Å². The third-order valence-electron chi connectivity index (χ3n) is 4.18. The average Bonchev–Trinajstić information content (AvgIpc) is 2.39. The maximum atomic E-state index is 13.8. The first-order chi connectivity index (χ1) is 9.86. The van der Waals surface area contributed by atoms with E-state index < -0.39 is 15.8 Å². The van der Waals surface area contributed by atoms with Crippen molar-refractivity contribution in [2.75, 3.05) is 11.9 Å². The summed E-state index contributed by atoms with van der Waals surface area (Å²) in [5.74, 6) is 0.904. The minimum absolute atomic E-state index is 0.202. The molecule has 0 heterocycles. The fraction of sp³-hybridized carbons (Fsp3) is 0.600. The quantitative estimate of drug-likeness (QED) is 0.877.